The van der Waals surface area contributed by atoms with E-state index < -0.39 is 0 Å². The maximum atomic E-state index is 13.1. The number of aromatic nitrogens is 2. The van der Waals surface area contributed by atoms with E-state index in [0.717, 1.165) is 32.5 Å². The molecule has 0 unspecified atom stereocenters. The number of hydrogen-bond donors (Lipinski definition) is 1. The first kappa shape index (κ1) is 21.5. The van der Waals surface area contributed by atoms with E-state index >= 15 is 0 Å². The third-order valence-corrected chi connectivity index (χ3v) is 7.29. The molecule has 2 saturated heterocycles. The van der Waals surface area contributed by atoms with Crippen molar-refractivity contribution in [2.75, 3.05) is 31.1 Å². The molecular weight excluding hydrogens is 424 g/mol. The second kappa shape index (κ2) is 8.52. The van der Waals surface area contributed by atoms with Crippen LogP contribution in [-0.2, 0) is 6.54 Å². The fraction of sp³-hybridized carbons (Fsp3) is 0.542. The minimum absolute atomic E-state index is 0.0574. The number of hydrogen-bond acceptors (Lipinski definition) is 5. The van der Waals surface area contributed by atoms with Crippen LogP contribution in [0.5, 0.6) is 0 Å². The number of nitrogens with zero attached hydrogens (tertiary/aromatic N) is 5. The van der Waals surface area contributed by atoms with Gasteiger partial charge in [0.1, 0.15) is 0 Å². The molecule has 5 rings (SSSR count). The molecule has 3 fully saturated rings. The summed E-state index contributed by atoms with van der Waals surface area (Å²) in [6, 6.07) is 11.2. The lowest BCUT2D eigenvalue weighted by Gasteiger charge is -2.59. The van der Waals surface area contributed by atoms with Crippen LogP contribution < -0.4 is 10.2 Å². The van der Waals surface area contributed by atoms with Crippen LogP contribution in [0.3, 0.4) is 0 Å². The van der Waals surface area contributed by atoms with Gasteiger partial charge in [-0.1, -0.05) is 41.9 Å². The van der Waals surface area contributed by atoms with E-state index in [2.05, 4.69) is 69.3 Å². The van der Waals surface area contributed by atoms with E-state index in [4.69, 9.17) is 11.6 Å². The number of nitrogens with one attached hydrogen (secondary N) is 1. The van der Waals surface area contributed by atoms with Gasteiger partial charge < -0.3 is 15.1 Å². The van der Waals surface area contributed by atoms with Crippen molar-refractivity contribution in [3.8, 4) is 0 Å². The lowest BCUT2D eigenvalue weighted by molar-refractivity contribution is -0.0812. The maximum Gasteiger partial charge on any atom is 0.318 e. The first-order valence-electron chi connectivity index (χ1n) is 11.5. The molecule has 1 saturated carbocycles. The number of carbonyl (C=O) groups is 1. The normalized spacial score (nSPS) is 25.3. The van der Waals surface area contributed by atoms with Crippen molar-refractivity contribution in [2.24, 2.45) is 5.41 Å². The Hall–Kier alpha value is -2.38. The van der Waals surface area contributed by atoms with Gasteiger partial charge in [-0.25, -0.2) is 14.8 Å². The molecule has 3 heterocycles. The fourth-order valence-electron chi connectivity index (χ4n) is 5.81. The Morgan fingerprint density at radius 3 is 2.34 bits per heavy atom. The monoisotopic (exact) mass is 454 g/mol. The molecule has 170 valence electrons. The van der Waals surface area contributed by atoms with Crippen LogP contribution in [-0.4, -0.2) is 70.1 Å². The molecule has 2 aliphatic heterocycles. The zero-order valence-electron chi connectivity index (χ0n) is 18.7. The van der Waals surface area contributed by atoms with Gasteiger partial charge in [0, 0.05) is 50.8 Å². The van der Waals surface area contributed by atoms with Crippen LogP contribution in [0, 0.1) is 5.41 Å². The molecule has 1 aromatic heterocycles. The van der Waals surface area contributed by atoms with Crippen molar-refractivity contribution in [1.82, 2.24) is 25.1 Å². The lowest BCUT2D eigenvalue weighted by atomic mass is 9.60. The molecule has 3 aliphatic rings. The van der Waals surface area contributed by atoms with Gasteiger partial charge in [0.25, 0.3) is 0 Å². The Morgan fingerprint density at radius 1 is 1.09 bits per heavy atom. The molecule has 8 heteroatoms. The van der Waals surface area contributed by atoms with Crippen LogP contribution in [0.4, 0.5) is 10.7 Å². The topological polar surface area (TPSA) is 64.6 Å². The Bertz CT molecular complexity index is 929. The second-order valence-electron chi connectivity index (χ2n) is 9.90. The van der Waals surface area contributed by atoms with Gasteiger partial charge in [-0.05, 0) is 37.7 Å². The SMILES string of the molecule is C[C@@H]1CN(c2ncc(Cl)cn2)C[C@@H](C)N1C(=O)NC1CC2(C1)CN(Cc1ccccc1)C2. The van der Waals surface area contributed by atoms with Crippen molar-refractivity contribution < 1.29 is 4.79 Å². The average Bonchev–Trinajstić information content (AvgIpc) is 2.71. The van der Waals surface area contributed by atoms with E-state index in [0.29, 0.717) is 35.5 Å². The van der Waals surface area contributed by atoms with Crippen molar-refractivity contribution in [2.45, 2.75) is 51.4 Å². The number of urea groups is 1. The summed E-state index contributed by atoms with van der Waals surface area (Å²) in [6.45, 7) is 8.91. The largest absolute Gasteiger partial charge is 0.337 e. The predicted octanol–water partition coefficient (Wildman–Crippen LogP) is 3.40. The van der Waals surface area contributed by atoms with Crippen molar-refractivity contribution in [3.05, 3.63) is 53.3 Å². The standard InChI is InChI=1S/C24H31ClN6O/c1-17-12-30(22-26-10-20(25)11-27-22)13-18(2)31(17)23(32)28-21-8-24(9-21)15-29(16-24)14-19-6-4-3-5-7-19/h3-7,10-11,17-18,21H,8-9,12-16H2,1-2H3,(H,28,32)/t17-,18-/m1/s1. The molecular formula is C24H31ClN6O. The number of halogens is 1. The van der Waals surface area contributed by atoms with Gasteiger partial charge in [0.15, 0.2) is 0 Å². The molecule has 1 aliphatic carbocycles. The van der Waals surface area contributed by atoms with Gasteiger partial charge in [0.05, 0.1) is 17.4 Å². The number of rotatable bonds is 4. The van der Waals surface area contributed by atoms with Crippen LogP contribution >= 0.6 is 11.6 Å². The van der Waals surface area contributed by atoms with E-state index in [1.165, 1.54) is 5.56 Å². The molecule has 32 heavy (non-hydrogen) atoms. The van der Waals surface area contributed by atoms with Crippen molar-refractivity contribution >= 4 is 23.6 Å². The number of amides is 2. The highest BCUT2D eigenvalue weighted by molar-refractivity contribution is 6.30. The molecule has 2 aromatic rings. The highest BCUT2D eigenvalue weighted by Gasteiger charge is 2.52. The quantitative estimate of drug-likeness (QED) is 0.767. The first-order chi connectivity index (χ1) is 15.4. The van der Waals surface area contributed by atoms with E-state index in [1.54, 1.807) is 12.4 Å². The summed E-state index contributed by atoms with van der Waals surface area (Å²) in [5, 5.41) is 3.83. The number of carbonyl (C=O) groups excluding carboxylic acids is 1. The fourth-order valence-corrected chi connectivity index (χ4v) is 5.90. The van der Waals surface area contributed by atoms with Gasteiger partial charge in [-0.15, -0.1) is 0 Å². The molecule has 0 bridgehead atoms. The summed E-state index contributed by atoms with van der Waals surface area (Å²) >= 11 is 5.91. The molecule has 7 nitrogen and oxygen atoms in total. The van der Waals surface area contributed by atoms with Crippen LogP contribution in [0.2, 0.25) is 5.02 Å². The minimum atomic E-state index is 0.0574. The smallest absolute Gasteiger partial charge is 0.318 e. The predicted molar refractivity (Wildman–Crippen MR) is 126 cm³/mol. The summed E-state index contributed by atoms with van der Waals surface area (Å²) in [4.78, 5) is 28.4. The molecule has 1 spiro atoms. The molecule has 2 amide bonds. The second-order valence-corrected chi connectivity index (χ2v) is 10.3. The summed E-state index contributed by atoms with van der Waals surface area (Å²) < 4.78 is 0. The molecule has 1 N–H and O–H groups in total. The summed E-state index contributed by atoms with van der Waals surface area (Å²) in [7, 11) is 0. The highest BCUT2D eigenvalue weighted by atomic mass is 35.5. The Kier molecular flexibility index (Phi) is 5.72. The number of benzene rings is 1. The first-order valence-corrected chi connectivity index (χ1v) is 11.9. The van der Waals surface area contributed by atoms with Crippen molar-refractivity contribution in [1.29, 1.82) is 0 Å². The molecule has 2 atom stereocenters. The lowest BCUT2D eigenvalue weighted by Crippen LogP contribution is -2.68. The van der Waals surface area contributed by atoms with Gasteiger partial charge in [-0.3, -0.25) is 4.90 Å². The van der Waals surface area contributed by atoms with Crippen LogP contribution in [0.25, 0.3) is 0 Å². The molecule has 0 radical (unpaired) electrons. The summed E-state index contributed by atoms with van der Waals surface area (Å²) in [5.74, 6) is 0.666. The van der Waals surface area contributed by atoms with Crippen LogP contribution in [0.15, 0.2) is 42.7 Å². The van der Waals surface area contributed by atoms with E-state index in [9.17, 15) is 4.79 Å². The average molecular weight is 455 g/mol. The Labute approximate surface area is 194 Å². The number of anilines is 1. The van der Waals surface area contributed by atoms with E-state index in [-0.39, 0.29) is 18.1 Å². The summed E-state index contributed by atoms with van der Waals surface area (Å²) in [5.41, 5.74) is 1.78. The van der Waals surface area contributed by atoms with Crippen LogP contribution in [0.1, 0.15) is 32.3 Å². The third kappa shape index (κ3) is 4.28. The summed E-state index contributed by atoms with van der Waals surface area (Å²) in [6.07, 6.45) is 5.41. The zero-order chi connectivity index (χ0) is 22.3. The maximum absolute atomic E-state index is 13.1. The Morgan fingerprint density at radius 2 is 1.72 bits per heavy atom. The third-order valence-electron chi connectivity index (χ3n) is 7.10. The minimum Gasteiger partial charge on any atom is -0.337 e. The van der Waals surface area contributed by atoms with Gasteiger partial charge in [0.2, 0.25) is 5.95 Å². The molecule has 1 aromatic carbocycles. The number of likely N-dealkylation sites (tertiary alicyclic amines) is 1. The Balaban J connectivity index is 1.09. The van der Waals surface area contributed by atoms with Gasteiger partial charge >= 0.3 is 6.03 Å². The zero-order valence-corrected chi connectivity index (χ0v) is 19.5. The number of piperazine rings is 1. The van der Waals surface area contributed by atoms with E-state index in [1.807, 2.05) is 4.90 Å². The van der Waals surface area contributed by atoms with Gasteiger partial charge in [-0.2, -0.15) is 0 Å². The highest BCUT2D eigenvalue weighted by Crippen LogP contribution is 2.48. The van der Waals surface area contributed by atoms with Crippen molar-refractivity contribution in [3.63, 3.8) is 0 Å².